The summed E-state index contributed by atoms with van der Waals surface area (Å²) < 4.78 is 7.41. The molecule has 2 aromatic heterocycles. The van der Waals surface area contributed by atoms with Gasteiger partial charge in [0, 0.05) is 11.4 Å². The molecule has 0 fully saturated rings. The second-order valence-electron chi connectivity index (χ2n) is 8.04. The molecule has 0 saturated heterocycles. The van der Waals surface area contributed by atoms with Crippen molar-refractivity contribution in [1.82, 2.24) is 14.8 Å². The molecule has 0 spiro atoms. The Hall–Kier alpha value is -3.09. The summed E-state index contributed by atoms with van der Waals surface area (Å²) in [7, 11) is 1.62. The summed E-state index contributed by atoms with van der Waals surface area (Å²) in [6.45, 7) is 6.18. The van der Waals surface area contributed by atoms with E-state index in [1.54, 1.807) is 24.5 Å². The second-order valence-corrected chi connectivity index (χ2v) is 10.4. The number of fused-ring (bicyclic) bond motifs is 1. The van der Waals surface area contributed by atoms with Crippen LogP contribution in [-0.2, 0) is 24.2 Å². The summed E-state index contributed by atoms with van der Waals surface area (Å²) in [4.78, 5) is 14.3. The van der Waals surface area contributed by atoms with Crippen LogP contribution in [0.3, 0.4) is 0 Å². The Morgan fingerprint density at radius 2 is 2.15 bits per heavy atom. The van der Waals surface area contributed by atoms with Crippen LogP contribution in [0.2, 0.25) is 0 Å². The summed E-state index contributed by atoms with van der Waals surface area (Å²) in [6.07, 6.45) is 7.06. The van der Waals surface area contributed by atoms with E-state index in [4.69, 9.17) is 4.74 Å². The smallest absolute Gasteiger partial charge is 0.238 e. The van der Waals surface area contributed by atoms with E-state index in [0.717, 1.165) is 36.8 Å². The number of ether oxygens (including phenoxy) is 1. The van der Waals surface area contributed by atoms with E-state index in [9.17, 15) is 10.1 Å². The van der Waals surface area contributed by atoms with Crippen LogP contribution in [-0.4, -0.2) is 33.0 Å². The van der Waals surface area contributed by atoms with Crippen molar-refractivity contribution in [1.29, 1.82) is 5.26 Å². The minimum absolute atomic E-state index is 0.162. The Morgan fingerprint density at radius 3 is 2.91 bits per heavy atom. The number of carbonyl (C=O) groups is 1. The largest absolute Gasteiger partial charge is 0.496 e. The number of hydrogen-bond acceptors (Lipinski definition) is 7. The van der Waals surface area contributed by atoms with Gasteiger partial charge in [-0.2, -0.15) is 5.26 Å². The quantitative estimate of drug-likeness (QED) is 0.254. The number of nitriles is 1. The molecule has 2 heterocycles. The molecule has 9 heteroatoms. The van der Waals surface area contributed by atoms with Gasteiger partial charge >= 0.3 is 0 Å². The number of benzene rings is 1. The molecule has 34 heavy (non-hydrogen) atoms. The zero-order chi connectivity index (χ0) is 24.1. The average Bonchev–Trinajstić information content (AvgIpc) is 3.30. The number of amides is 1. The zero-order valence-corrected chi connectivity index (χ0v) is 21.0. The Labute approximate surface area is 207 Å². The van der Waals surface area contributed by atoms with E-state index in [0.29, 0.717) is 33.8 Å². The van der Waals surface area contributed by atoms with Gasteiger partial charge in [0.15, 0.2) is 11.0 Å². The molecular weight excluding hydrogens is 466 g/mol. The summed E-state index contributed by atoms with van der Waals surface area (Å²) >= 11 is 2.87. The van der Waals surface area contributed by atoms with Crippen LogP contribution in [0, 0.1) is 11.3 Å². The number of nitrogens with zero attached hydrogens (tertiary/aromatic N) is 4. The molecular formula is C25H27N5O2S2. The van der Waals surface area contributed by atoms with Gasteiger partial charge in [-0.1, -0.05) is 36.4 Å². The molecule has 1 aromatic carbocycles. The molecule has 1 atom stereocenters. The maximum Gasteiger partial charge on any atom is 0.238 e. The maximum atomic E-state index is 13.1. The first kappa shape index (κ1) is 24.0. The molecule has 176 valence electrons. The highest BCUT2D eigenvalue weighted by Gasteiger charge is 2.25. The van der Waals surface area contributed by atoms with E-state index in [1.807, 2.05) is 35.8 Å². The lowest BCUT2D eigenvalue weighted by Gasteiger charge is -2.13. The number of hydrogen-bond donors (Lipinski definition) is 1. The number of methoxy groups -OCH3 is 1. The highest BCUT2D eigenvalue weighted by molar-refractivity contribution is 8.00. The fourth-order valence-corrected chi connectivity index (χ4v) is 6.17. The average molecular weight is 494 g/mol. The predicted molar refractivity (Wildman–Crippen MR) is 136 cm³/mol. The Balaban J connectivity index is 1.55. The number of thiophene rings is 1. The van der Waals surface area contributed by atoms with Crippen molar-refractivity contribution in [3.63, 3.8) is 0 Å². The minimum Gasteiger partial charge on any atom is -0.496 e. The Kier molecular flexibility index (Phi) is 7.70. The molecule has 0 bridgehead atoms. The summed E-state index contributed by atoms with van der Waals surface area (Å²) in [6, 6.07) is 9.95. The highest BCUT2D eigenvalue weighted by atomic mass is 32.2. The van der Waals surface area contributed by atoms with Gasteiger partial charge in [0.25, 0.3) is 0 Å². The number of carbonyl (C=O) groups excluding carboxylic acids is 1. The third-order valence-electron chi connectivity index (χ3n) is 5.80. The van der Waals surface area contributed by atoms with E-state index in [1.165, 1.54) is 23.1 Å². The summed E-state index contributed by atoms with van der Waals surface area (Å²) in [5.74, 6) is 1.19. The lowest BCUT2D eigenvalue weighted by Crippen LogP contribution is -2.23. The standard InChI is InChI=1S/C25H27N5O2S2/c1-4-14-30-22(18-11-8-9-12-20(18)32-3)28-29-25(30)33-16(2)23(31)27-24-19(15-26)17-10-6-5-7-13-21(17)34-24/h4,8-9,11-12,16H,1,5-7,10,13-14H2,2-3H3,(H,27,31). The van der Waals surface area contributed by atoms with Crippen molar-refractivity contribution in [2.45, 2.75) is 56.0 Å². The van der Waals surface area contributed by atoms with Gasteiger partial charge < -0.3 is 10.1 Å². The van der Waals surface area contributed by atoms with Crippen molar-refractivity contribution >= 4 is 34.0 Å². The minimum atomic E-state index is -0.438. The number of aromatic nitrogens is 3. The fourth-order valence-electron chi connectivity index (χ4n) is 4.07. The van der Waals surface area contributed by atoms with Crippen molar-refractivity contribution in [2.24, 2.45) is 0 Å². The molecule has 1 aliphatic carbocycles. The molecule has 0 radical (unpaired) electrons. The molecule has 1 N–H and O–H groups in total. The van der Waals surface area contributed by atoms with Crippen LogP contribution in [0.25, 0.3) is 11.4 Å². The zero-order valence-electron chi connectivity index (χ0n) is 19.3. The third kappa shape index (κ3) is 4.88. The monoisotopic (exact) mass is 493 g/mol. The molecule has 1 aliphatic rings. The van der Waals surface area contributed by atoms with Gasteiger partial charge in [0.2, 0.25) is 5.91 Å². The van der Waals surface area contributed by atoms with Crippen LogP contribution in [0.1, 0.15) is 42.2 Å². The SMILES string of the molecule is C=CCn1c(SC(C)C(=O)Nc2sc3c(c2C#N)CCCCC3)nnc1-c1ccccc1OC. The summed E-state index contributed by atoms with van der Waals surface area (Å²) in [5.41, 5.74) is 2.57. The number of thioether (sulfide) groups is 1. The van der Waals surface area contributed by atoms with Crippen LogP contribution in [0.15, 0.2) is 42.1 Å². The summed E-state index contributed by atoms with van der Waals surface area (Å²) in [5, 5.41) is 22.3. The van der Waals surface area contributed by atoms with Crippen LogP contribution < -0.4 is 10.1 Å². The molecule has 0 saturated carbocycles. The number of rotatable bonds is 8. The molecule has 1 amide bonds. The number of aryl methyl sites for hydroxylation is 1. The first-order chi connectivity index (χ1) is 16.6. The number of nitrogens with one attached hydrogen (secondary N) is 1. The van der Waals surface area contributed by atoms with Gasteiger partial charge in [-0.15, -0.1) is 28.1 Å². The second kappa shape index (κ2) is 10.9. The van der Waals surface area contributed by atoms with E-state index in [2.05, 4.69) is 28.2 Å². The lowest BCUT2D eigenvalue weighted by atomic mass is 10.1. The number of anilines is 1. The van der Waals surface area contributed by atoms with Crippen LogP contribution >= 0.6 is 23.1 Å². The van der Waals surface area contributed by atoms with Crippen molar-refractivity contribution < 1.29 is 9.53 Å². The first-order valence-corrected chi connectivity index (χ1v) is 13.0. The molecule has 0 aliphatic heterocycles. The normalized spacial score (nSPS) is 13.9. The highest BCUT2D eigenvalue weighted by Crippen LogP contribution is 2.38. The van der Waals surface area contributed by atoms with Crippen molar-refractivity contribution in [3.05, 3.63) is 52.9 Å². The molecule has 1 unspecified atom stereocenters. The van der Waals surface area contributed by atoms with Gasteiger partial charge in [-0.05, 0) is 50.3 Å². The Morgan fingerprint density at radius 1 is 1.35 bits per heavy atom. The molecule has 7 nitrogen and oxygen atoms in total. The van der Waals surface area contributed by atoms with Crippen LogP contribution in [0.5, 0.6) is 5.75 Å². The number of allylic oxidation sites excluding steroid dienone is 1. The molecule has 3 aromatic rings. The topological polar surface area (TPSA) is 92.8 Å². The van der Waals surface area contributed by atoms with Crippen molar-refractivity contribution in [2.75, 3.05) is 12.4 Å². The van der Waals surface area contributed by atoms with E-state index >= 15 is 0 Å². The Bertz CT molecular complexity index is 1240. The van der Waals surface area contributed by atoms with Crippen LogP contribution in [0.4, 0.5) is 5.00 Å². The van der Waals surface area contributed by atoms with Crippen molar-refractivity contribution in [3.8, 4) is 23.2 Å². The first-order valence-electron chi connectivity index (χ1n) is 11.3. The van der Waals surface area contributed by atoms with Gasteiger partial charge in [-0.25, -0.2) is 0 Å². The van der Waals surface area contributed by atoms with E-state index < -0.39 is 5.25 Å². The maximum absolute atomic E-state index is 13.1. The molecule has 4 rings (SSSR count). The van der Waals surface area contributed by atoms with Gasteiger partial charge in [-0.3, -0.25) is 9.36 Å². The van der Waals surface area contributed by atoms with Gasteiger partial charge in [0.1, 0.15) is 16.8 Å². The fraction of sp³-hybridized carbons (Fsp3) is 0.360. The lowest BCUT2D eigenvalue weighted by molar-refractivity contribution is -0.115. The predicted octanol–water partition coefficient (Wildman–Crippen LogP) is 5.46. The van der Waals surface area contributed by atoms with Gasteiger partial charge in [0.05, 0.1) is 23.5 Å². The number of para-hydroxylation sites is 1. The third-order valence-corrected chi connectivity index (χ3v) is 8.09. The van der Waals surface area contributed by atoms with E-state index in [-0.39, 0.29) is 5.91 Å².